The van der Waals surface area contributed by atoms with E-state index < -0.39 is 0 Å². The molecule has 2 aromatic carbocycles. The molecule has 27 heavy (non-hydrogen) atoms. The molecule has 9 heteroatoms. The monoisotopic (exact) mass is 663 g/mol. The Kier molecular flexibility index (Phi) is 8.20. The van der Waals surface area contributed by atoms with Crippen LogP contribution in [0.5, 0.6) is 11.5 Å². The summed E-state index contributed by atoms with van der Waals surface area (Å²) in [6.45, 7) is 0. The van der Waals surface area contributed by atoms with E-state index in [-0.39, 0.29) is 28.6 Å². The van der Waals surface area contributed by atoms with Gasteiger partial charge in [-0.15, -0.1) is 0 Å². The smallest absolute Gasteiger partial charge is 0.870 e. The van der Waals surface area contributed by atoms with E-state index in [0.717, 1.165) is 10.8 Å². The van der Waals surface area contributed by atoms with Crippen molar-refractivity contribution in [3.8, 4) is 11.5 Å². The summed E-state index contributed by atoms with van der Waals surface area (Å²) in [7, 11) is 0. The van der Waals surface area contributed by atoms with Crippen LogP contribution in [-0.4, -0.2) is 9.97 Å². The van der Waals surface area contributed by atoms with Gasteiger partial charge in [-0.2, -0.15) is 0 Å². The van der Waals surface area contributed by atoms with Crippen molar-refractivity contribution in [1.29, 1.82) is 0 Å². The van der Waals surface area contributed by atoms with Gasteiger partial charge in [-0.25, -0.2) is 0 Å². The second-order valence-corrected chi connectivity index (χ2v) is 8.28. The van der Waals surface area contributed by atoms with Gasteiger partial charge >= 0.3 is 17.1 Å². The van der Waals surface area contributed by atoms with Crippen LogP contribution < -0.4 is 10.2 Å². The van der Waals surface area contributed by atoms with Crippen LogP contribution in [0.3, 0.4) is 0 Å². The molecule has 0 N–H and O–H groups in total. The molecule has 1 radical (unpaired) electrons. The van der Waals surface area contributed by atoms with E-state index in [9.17, 15) is 10.2 Å². The molecule has 0 aliphatic carbocycles. The molecule has 0 spiro atoms. The Balaban J connectivity index is 0.000000187. The predicted octanol–water partition coefficient (Wildman–Crippen LogP) is 5.13. The number of halogens is 4. The fourth-order valence-electron chi connectivity index (χ4n) is 2.29. The molecule has 0 bridgehead atoms. The second-order valence-electron chi connectivity index (χ2n) is 5.14. The Labute approximate surface area is 203 Å². The quantitative estimate of drug-likeness (QED) is 0.193. The number of nitrogens with zero attached hydrogens (tertiary/aromatic N) is 2. The number of fused-ring (bicyclic) bond motifs is 2. The third-order valence-corrected chi connectivity index (χ3v) is 5.73. The Hall–Kier alpha value is -0.581. The molecule has 4 rings (SSSR count). The Morgan fingerprint density at radius 2 is 1.11 bits per heavy atom. The largest absolute Gasteiger partial charge is 2.00 e. The van der Waals surface area contributed by atoms with Crippen LogP contribution in [0, 0.1) is 7.14 Å². The minimum absolute atomic E-state index is 0. The summed E-state index contributed by atoms with van der Waals surface area (Å²) in [5, 5.41) is 25.7. The fourth-order valence-corrected chi connectivity index (χ4v) is 4.32. The number of benzene rings is 2. The first kappa shape index (κ1) is 22.7. The molecule has 0 aliphatic rings. The first-order valence-electron chi connectivity index (χ1n) is 7.19. The van der Waals surface area contributed by atoms with Crippen LogP contribution in [0.15, 0.2) is 48.8 Å². The van der Waals surface area contributed by atoms with Crippen molar-refractivity contribution in [3.63, 3.8) is 0 Å². The summed E-state index contributed by atoms with van der Waals surface area (Å²) in [5.41, 5.74) is 0.888. The molecule has 4 nitrogen and oxygen atoms in total. The topological polar surface area (TPSA) is 71.9 Å². The van der Waals surface area contributed by atoms with Crippen molar-refractivity contribution in [3.05, 3.63) is 66.0 Å². The molecule has 141 valence electrons. The van der Waals surface area contributed by atoms with Crippen LogP contribution in [-0.2, 0) is 17.1 Å². The van der Waals surface area contributed by atoms with Crippen molar-refractivity contribution in [2.45, 2.75) is 0 Å². The van der Waals surface area contributed by atoms with E-state index in [1.807, 2.05) is 45.2 Å². The molecule has 0 unspecified atom stereocenters. The normalized spacial score (nSPS) is 10.2. The average Bonchev–Trinajstić information content (AvgIpc) is 2.65. The number of hydrogen-bond acceptors (Lipinski definition) is 4. The summed E-state index contributed by atoms with van der Waals surface area (Å²) < 4.78 is 1.21. The van der Waals surface area contributed by atoms with Crippen LogP contribution in [0.25, 0.3) is 21.8 Å². The van der Waals surface area contributed by atoms with Gasteiger partial charge in [0.2, 0.25) is 0 Å². The molecule has 0 saturated heterocycles. The fraction of sp³-hybridized carbons (Fsp3) is 0. The van der Waals surface area contributed by atoms with Gasteiger partial charge in [0.05, 0.1) is 21.1 Å². The molecular weight excluding hydrogens is 656 g/mol. The number of pyridine rings is 2. The molecule has 4 aromatic rings. The molecule has 0 atom stereocenters. The molecule has 0 amide bonds. The Bertz CT molecular complexity index is 1040. The third kappa shape index (κ3) is 4.89. The summed E-state index contributed by atoms with van der Waals surface area (Å²) in [6.07, 6.45) is 3.19. The third-order valence-electron chi connectivity index (χ3n) is 3.50. The van der Waals surface area contributed by atoms with Gasteiger partial charge in [-0.3, -0.25) is 9.97 Å². The van der Waals surface area contributed by atoms with Gasteiger partial charge in [0.15, 0.2) is 0 Å². The van der Waals surface area contributed by atoms with Crippen molar-refractivity contribution in [1.82, 2.24) is 9.97 Å². The standard InChI is InChI=1S/2C9H5ClINO.Cu/c2*10-6-4-7(11)9(13)8-5(6)2-1-3-12-8;/h2*1-4,13H;/q;;+2/p-2/i2*11-4;. The summed E-state index contributed by atoms with van der Waals surface area (Å²) in [5.74, 6) is -0.110. The maximum Gasteiger partial charge on any atom is 2.00 e. The van der Waals surface area contributed by atoms with Crippen molar-refractivity contribution in [2.75, 3.05) is 0 Å². The van der Waals surface area contributed by atoms with Crippen molar-refractivity contribution in [2.24, 2.45) is 0 Å². The second kappa shape index (κ2) is 9.75. The number of hydrogen-bond donors (Lipinski definition) is 0. The maximum atomic E-state index is 11.6. The van der Waals surface area contributed by atoms with Crippen LogP contribution in [0.4, 0.5) is 0 Å². The van der Waals surface area contributed by atoms with E-state index in [4.69, 9.17) is 23.2 Å². The van der Waals surface area contributed by atoms with E-state index in [1.54, 1.807) is 48.8 Å². The predicted molar refractivity (Wildman–Crippen MR) is 118 cm³/mol. The zero-order valence-corrected chi connectivity index (χ0v) is 19.9. The minimum Gasteiger partial charge on any atom is -0.870 e. The number of aromatic nitrogens is 2. The molecular formula is C18H8Cl2CuI2N2O2. The molecule has 0 saturated carbocycles. The van der Waals surface area contributed by atoms with Gasteiger partial charge < -0.3 is 10.2 Å². The van der Waals surface area contributed by atoms with E-state index in [0.29, 0.717) is 28.2 Å². The van der Waals surface area contributed by atoms with Gasteiger partial charge in [0.1, 0.15) is 0 Å². The maximum absolute atomic E-state index is 11.6. The van der Waals surface area contributed by atoms with Crippen molar-refractivity contribution < 1.29 is 27.3 Å². The van der Waals surface area contributed by atoms with Gasteiger partial charge in [-0.05, 0) is 81.6 Å². The summed E-state index contributed by atoms with van der Waals surface area (Å²) in [6, 6.07) is 10.4. The van der Waals surface area contributed by atoms with Crippen molar-refractivity contribution >= 4 is 90.2 Å². The van der Waals surface area contributed by atoms with Crippen LogP contribution >= 0.6 is 68.4 Å². The zero-order valence-electron chi connectivity index (χ0n) is 13.1. The van der Waals surface area contributed by atoms with Gasteiger partial charge in [0, 0.05) is 30.3 Å². The van der Waals surface area contributed by atoms with E-state index in [1.165, 1.54) is 0 Å². The summed E-state index contributed by atoms with van der Waals surface area (Å²) >= 11 is 15.8. The first-order chi connectivity index (χ1) is 12.4. The SMILES string of the molecule is [Cu+2].[O-]c1c([123I])cc(Cl)c2cccnc12.[O-]c1c([123I])cc(Cl)c2cccnc12. The van der Waals surface area contributed by atoms with Crippen LogP contribution in [0.1, 0.15) is 0 Å². The molecule has 2 aromatic heterocycles. The van der Waals surface area contributed by atoms with Gasteiger partial charge in [0.25, 0.3) is 0 Å². The molecule has 0 fully saturated rings. The average molecular weight is 665 g/mol. The summed E-state index contributed by atoms with van der Waals surface area (Å²) in [4.78, 5) is 8.00. The minimum atomic E-state index is -0.0550. The van der Waals surface area contributed by atoms with Gasteiger partial charge in [-0.1, -0.05) is 34.7 Å². The van der Waals surface area contributed by atoms with E-state index >= 15 is 0 Å². The molecule has 0 aliphatic heterocycles. The van der Waals surface area contributed by atoms with Crippen LogP contribution in [0.2, 0.25) is 10.0 Å². The molecule has 2 heterocycles. The first-order valence-corrected chi connectivity index (χ1v) is 10.1. The number of rotatable bonds is 0. The van der Waals surface area contributed by atoms with E-state index in [2.05, 4.69) is 9.97 Å². The Morgan fingerprint density at radius 3 is 1.48 bits per heavy atom. The Morgan fingerprint density at radius 1 is 0.741 bits per heavy atom. The zero-order chi connectivity index (χ0) is 18.8.